The van der Waals surface area contributed by atoms with Crippen LogP contribution >= 0.6 is 0 Å². The maximum Gasteiger partial charge on any atom is 0.317 e. The standard InChI is InChI=1S/C13H24N2O3/c1-4-13(3,5-2)14-12(18)15-8-6-7-10(9-15)11(16)17/h10H,4-9H2,1-3H3,(H,14,18)(H,16,17)/t10-/m1/s1. The first-order valence-electron chi connectivity index (χ1n) is 6.71. The Hall–Kier alpha value is -1.26. The van der Waals surface area contributed by atoms with Crippen molar-refractivity contribution >= 4 is 12.0 Å². The van der Waals surface area contributed by atoms with Crippen LogP contribution in [0.15, 0.2) is 0 Å². The molecule has 18 heavy (non-hydrogen) atoms. The summed E-state index contributed by atoms with van der Waals surface area (Å²) in [6.45, 7) is 7.08. The van der Waals surface area contributed by atoms with Crippen LogP contribution in [0.5, 0.6) is 0 Å². The van der Waals surface area contributed by atoms with E-state index in [1.54, 1.807) is 4.90 Å². The number of amides is 2. The number of hydrogen-bond acceptors (Lipinski definition) is 2. The molecule has 5 nitrogen and oxygen atoms in total. The summed E-state index contributed by atoms with van der Waals surface area (Å²) in [5.41, 5.74) is -0.201. The van der Waals surface area contributed by atoms with Crippen LogP contribution in [0.1, 0.15) is 46.5 Å². The number of piperidine rings is 1. The van der Waals surface area contributed by atoms with E-state index in [2.05, 4.69) is 5.32 Å². The first-order chi connectivity index (χ1) is 8.41. The van der Waals surface area contributed by atoms with Gasteiger partial charge < -0.3 is 15.3 Å². The molecule has 2 amide bonds. The molecule has 0 aromatic carbocycles. The zero-order chi connectivity index (χ0) is 13.8. The van der Waals surface area contributed by atoms with Gasteiger partial charge in [0.05, 0.1) is 5.92 Å². The van der Waals surface area contributed by atoms with Crippen molar-refractivity contribution in [3.8, 4) is 0 Å². The molecule has 0 spiro atoms. The number of rotatable bonds is 4. The smallest absolute Gasteiger partial charge is 0.317 e. The Balaban J connectivity index is 2.59. The largest absolute Gasteiger partial charge is 0.481 e. The molecule has 1 aliphatic rings. The monoisotopic (exact) mass is 256 g/mol. The minimum absolute atomic E-state index is 0.132. The molecule has 0 unspecified atom stereocenters. The molecule has 1 saturated heterocycles. The topological polar surface area (TPSA) is 69.6 Å². The van der Waals surface area contributed by atoms with Gasteiger partial charge in [0.15, 0.2) is 0 Å². The lowest BCUT2D eigenvalue weighted by Crippen LogP contribution is -2.53. The summed E-state index contributed by atoms with van der Waals surface area (Å²) in [4.78, 5) is 24.7. The molecular weight excluding hydrogens is 232 g/mol. The van der Waals surface area contributed by atoms with Crippen LogP contribution in [-0.2, 0) is 4.79 Å². The van der Waals surface area contributed by atoms with E-state index in [0.717, 1.165) is 19.3 Å². The number of nitrogens with one attached hydrogen (secondary N) is 1. The van der Waals surface area contributed by atoms with Crippen LogP contribution in [0.4, 0.5) is 4.79 Å². The zero-order valence-electron chi connectivity index (χ0n) is 11.5. The average Bonchev–Trinajstić information content (AvgIpc) is 2.38. The second-order valence-corrected chi connectivity index (χ2v) is 5.32. The summed E-state index contributed by atoms with van der Waals surface area (Å²) in [5.74, 6) is -1.22. The minimum atomic E-state index is -0.804. The van der Waals surface area contributed by atoms with Gasteiger partial charge in [-0.2, -0.15) is 0 Å². The molecular formula is C13H24N2O3. The third-order valence-corrected chi connectivity index (χ3v) is 4.03. The zero-order valence-corrected chi connectivity index (χ0v) is 11.5. The second-order valence-electron chi connectivity index (χ2n) is 5.32. The van der Waals surface area contributed by atoms with Crippen molar-refractivity contribution in [3.63, 3.8) is 0 Å². The van der Waals surface area contributed by atoms with E-state index in [9.17, 15) is 9.59 Å². The molecule has 0 aromatic heterocycles. The molecule has 1 rings (SSSR count). The lowest BCUT2D eigenvalue weighted by Gasteiger charge is -2.35. The van der Waals surface area contributed by atoms with Gasteiger partial charge in [0.25, 0.3) is 0 Å². The fourth-order valence-electron chi connectivity index (χ4n) is 2.13. The number of carbonyl (C=O) groups is 2. The molecule has 0 bridgehead atoms. The normalized spacial score (nSPS) is 20.6. The Morgan fingerprint density at radius 3 is 2.50 bits per heavy atom. The lowest BCUT2D eigenvalue weighted by atomic mass is 9.95. The van der Waals surface area contributed by atoms with Gasteiger partial charge >= 0.3 is 12.0 Å². The predicted octanol–water partition coefficient (Wildman–Crippen LogP) is 2.07. The maximum absolute atomic E-state index is 12.1. The Bertz CT molecular complexity index is 313. The van der Waals surface area contributed by atoms with E-state index in [4.69, 9.17) is 5.11 Å². The Morgan fingerprint density at radius 1 is 1.39 bits per heavy atom. The summed E-state index contributed by atoms with van der Waals surface area (Å²) < 4.78 is 0. The van der Waals surface area contributed by atoms with Gasteiger partial charge in [-0.1, -0.05) is 13.8 Å². The van der Waals surface area contributed by atoms with Crippen molar-refractivity contribution < 1.29 is 14.7 Å². The highest BCUT2D eigenvalue weighted by atomic mass is 16.4. The van der Waals surface area contributed by atoms with Gasteiger partial charge in [0.1, 0.15) is 0 Å². The van der Waals surface area contributed by atoms with E-state index in [1.807, 2.05) is 20.8 Å². The predicted molar refractivity (Wildman–Crippen MR) is 69.5 cm³/mol. The molecule has 1 fully saturated rings. The molecule has 1 heterocycles. The number of carboxylic acid groups (broad SMARTS) is 1. The highest BCUT2D eigenvalue weighted by Gasteiger charge is 2.30. The van der Waals surface area contributed by atoms with Crippen molar-refractivity contribution in [3.05, 3.63) is 0 Å². The molecule has 5 heteroatoms. The number of likely N-dealkylation sites (tertiary alicyclic amines) is 1. The van der Waals surface area contributed by atoms with Crippen molar-refractivity contribution in [1.29, 1.82) is 0 Å². The third kappa shape index (κ3) is 3.62. The van der Waals surface area contributed by atoms with Gasteiger partial charge in [-0.15, -0.1) is 0 Å². The van der Waals surface area contributed by atoms with Crippen molar-refractivity contribution in [2.24, 2.45) is 5.92 Å². The van der Waals surface area contributed by atoms with Crippen LogP contribution in [0, 0.1) is 5.92 Å². The number of urea groups is 1. The van der Waals surface area contributed by atoms with Crippen LogP contribution < -0.4 is 5.32 Å². The molecule has 2 N–H and O–H groups in total. The second kappa shape index (κ2) is 6.07. The molecule has 104 valence electrons. The first-order valence-corrected chi connectivity index (χ1v) is 6.71. The summed E-state index contributed by atoms with van der Waals surface area (Å²) in [6.07, 6.45) is 3.16. The van der Waals surface area contributed by atoms with E-state index < -0.39 is 11.9 Å². The van der Waals surface area contributed by atoms with Crippen LogP contribution in [0.3, 0.4) is 0 Å². The number of carbonyl (C=O) groups excluding carboxylic acids is 1. The molecule has 1 atom stereocenters. The van der Waals surface area contributed by atoms with Gasteiger partial charge in [-0.3, -0.25) is 4.79 Å². The number of hydrogen-bond donors (Lipinski definition) is 2. The fraction of sp³-hybridized carbons (Fsp3) is 0.846. The first kappa shape index (κ1) is 14.8. The quantitative estimate of drug-likeness (QED) is 0.809. The van der Waals surface area contributed by atoms with Crippen molar-refractivity contribution in [1.82, 2.24) is 10.2 Å². The number of carboxylic acids is 1. The van der Waals surface area contributed by atoms with Gasteiger partial charge in [-0.05, 0) is 32.6 Å². The van der Waals surface area contributed by atoms with Crippen LogP contribution in [0.2, 0.25) is 0 Å². The minimum Gasteiger partial charge on any atom is -0.481 e. The Labute approximate surface area is 109 Å². The molecule has 0 saturated carbocycles. The fourth-order valence-corrected chi connectivity index (χ4v) is 2.13. The van der Waals surface area contributed by atoms with Gasteiger partial charge in [0, 0.05) is 18.6 Å². The maximum atomic E-state index is 12.1. The molecule has 0 radical (unpaired) electrons. The number of nitrogens with zero attached hydrogens (tertiary/aromatic N) is 1. The van der Waals surface area contributed by atoms with Crippen molar-refractivity contribution in [2.75, 3.05) is 13.1 Å². The van der Waals surface area contributed by atoms with E-state index in [-0.39, 0.29) is 11.6 Å². The SMILES string of the molecule is CCC(C)(CC)NC(=O)N1CCC[C@@H](C(=O)O)C1. The average molecular weight is 256 g/mol. The van der Waals surface area contributed by atoms with Gasteiger partial charge in [-0.25, -0.2) is 4.79 Å². The summed E-state index contributed by atoms with van der Waals surface area (Å²) in [6, 6.07) is -0.132. The summed E-state index contributed by atoms with van der Waals surface area (Å²) in [5, 5.41) is 12.0. The van der Waals surface area contributed by atoms with E-state index >= 15 is 0 Å². The van der Waals surface area contributed by atoms with Gasteiger partial charge in [0.2, 0.25) is 0 Å². The van der Waals surface area contributed by atoms with Crippen LogP contribution in [-0.4, -0.2) is 40.6 Å². The van der Waals surface area contributed by atoms with E-state index in [0.29, 0.717) is 19.5 Å². The summed E-state index contributed by atoms with van der Waals surface area (Å²) >= 11 is 0. The Kier molecular flexibility index (Phi) is 4.99. The number of aliphatic carboxylic acids is 1. The Morgan fingerprint density at radius 2 is 2.00 bits per heavy atom. The lowest BCUT2D eigenvalue weighted by molar-refractivity contribution is -0.143. The molecule has 0 aliphatic carbocycles. The van der Waals surface area contributed by atoms with Crippen molar-refractivity contribution in [2.45, 2.75) is 52.0 Å². The molecule has 1 aliphatic heterocycles. The summed E-state index contributed by atoms with van der Waals surface area (Å²) in [7, 11) is 0. The van der Waals surface area contributed by atoms with E-state index in [1.165, 1.54) is 0 Å². The highest BCUT2D eigenvalue weighted by molar-refractivity contribution is 5.77. The molecule has 0 aromatic rings. The third-order valence-electron chi connectivity index (χ3n) is 4.03. The van der Waals surface area contributed by atoms with Crippen LogP contribution in [0.25, 0.3) is 0 Å². The highest BCUT2D eigenvalue weighted by Crippen LogP contribution is 2.19.